The molecule has 7 nitrogen and oxygen atoms in total. The van der Waals surface area contributed by atoms with E-state index in [2.05, 4.69) is 5.10 Å². The Hall–Kier alpha value is -1.50. The zero-order valence-electron chi connectivity index (χ0n) is 6.47. The van der Waals surface area contributed by atoms with Crippen LogP contribution in [0.2, 0.25) is 0 Å². The van der Waals surface area contributed by atoms with Gasteiger partial charge in [0.25, 0.3) is 0 Å². The number of carboxylic acid groups (broad SMARTS) is 1. The Morgan fingerprint density at radius 1 is 1.67 bits per heavy atom. The van der Waals surface area contributed by atoms with E-state index in [0.29, 0.717) is 19.0 Å². The lowest BCUT2D eigenvalue weighted by atomic mass is 10.5. The second kappa shape index (κ2) is 3.26. The van der Waals surface area contributed by atoms with Gasteiger partial charge in [0.15, 0.2) is 0 Å². The van der Waals surface area contributed by atoms with Crippen molar-refractivity contribution in [1.82, 2.24) is 9.91 Å². The third-order valence-corrected chi connectivity index (χ3v) is 1.59. The molecule has 0 bridgehead atoms. The van der Waals surface area contributed by atoms with Gasteiger partial charge in [0, 0.05) is 6.54 Å². The first-order valence-corrected chi connectivity index (χ1v) is 3.42. The highest BCUT2D eigenvalue weighted by atomic mass is 16.4. The van der Waals surface area contributed by atoms with E-state index in [9.17, 15) is 4.79 Å². The van der Waals surface area contributed by atoms with E-state index in [0.717, 1.165) is 0 Å². The number of nitrogens with zero attached hydrogens (tertiary/aromatic N) is 3. The van der Waals surface area contributed by atoms with Crippen LogP contribution < -0.4 is 11.7 Å². The molecule has 0 amide bonds. The van der Waals surface area contributed by atoms with Crippen LogP contribution in [0.1, 0.15) is 0 Å². The zero-order chi connectivity index (χ0) is 9.14. The summed E-state index contributed by atoms with van der Waals surface area (Å²) in [6.45, 7) is 0.964. The van der Waals surface area contributed by atoms with Crippen molar-refractivity contribution >= 4 is 11.9 Å². The van der Waals surface area contributed by atoms with Crippen LogP contribution in [-0.2, 0) is 4.79 Å². The Bertz CT molecular complexity index is 216. The van der Waals surface area contributed by atoms with Gasteiger partial charge in [-0.2, -0.15) is 0 Å². The Morgan fingerprint density at radius 2 is 2.33 bits per heavy atom. The first kappa shape index (κ1) is 8.60. The second-order valence-corrected chi connectivity index (χ2v) is 2.44. The molecule has 0 aromatic rings. The fraction of sp³-hybridized carbons (Fsp3) is 0.600. The molecule has 1 heterocycles. The van der Waals surface area contributed by atoms with Gasteiger partial charge in [-0.3, -0.25) is 9.80 Å². The van der Waals surface area contributed by atoms with E-state index in [1.807, 2.05) is 0 Å². The normalized spacial score (nSPS) is 20.6. The van der Waals surface area contributed by atoms with Gasteiger partial charge in [0.05, 0.1) is 6.54 Å². The van der Waals surface area contributed by atoms with Crippen molar-refractivity contribution in [2.45, 2.75) is 0 Å². The van der Waals surface area contributed by atoms with Gasteiger partial charge in [-0.1, -0.05) is 0 Å². The molecule has 0 aliphatic carbocycles. The number of guanidine groups is 1. The molecule has 0 saturated carbocycles. The fourth-order valence-electron chi connectivity index (χ4n) is 1.08. The molecule has 1 fully saturated rings. The molecule has 0 spiro atoms. The first-order valence-electron chi connectivity index (χ1n) is 3.42. The molecule has 1 rings (SSSR count). The molecule has 5 N–H and O–H groups in total. The number of carboxylic acids is 1. The topological polar surface area (TPSA) is 108 Å². The maximum absolute atomic E-state index is 10.3. The van der Waals surface area contributed by atoms with Crippen molar-refractivity contribution in [2.24, 2.45) is 16.8 Å². The van der Waals surface area contributed by atoms with Crippen LogP contribution in [-0.4, -0.2) is 46.6 Å². The van der Waals surface area contributed by atoms with Crippen LogP contribution >= 0.6 is 0 Å². The van der Waals surface area contributed by atoms with Gasteiger partial charge in [-0.15, -0.1) is 5.10 Å². The van der Waals surface area contributed by atoms with Crippen molar-refractivity contribution < 1.29 is 9.90 Å². The number of aliphatic carboxylic acids is 1. The summed E-state index contributed by atoms with van der Waals surface area (Å²) in [4.78, 5) is 11.8. The predicted molar refractivity (Wildman–Crippen MR) is 41.7 cm³/mol. The van der Waals surface area contributed by atoms with Gasteiger partial charge < -0.3 is 15.8 Å². The molecular formula is C5H11N5O2. The van der Waals surface area contributed by atoms with Crippen LogP contribution in [0.5, 0.6) is 0 Å². The Balaban J connectivity index is 2.61. The Labute approximate surface area is 69.2 Å². The number of hydrazine groups is 1. The summed E-state index contributed by atoms with van der Waals surface area (Å²) >= 11 is 0. The Morgan fingerprint density at radius 3 is 2.83 bits per heavy atom. The Kier molecular flexibility index (Phi) is 2.34. The average Bonchev–Trinajstić information content (AvgIpc) is 2.30. The minimum absolute atomic E-state index is 0.121. The van der Waals surface area contributed by atoms with Crippen molar-refractivity contribution in [3.05, 3.63) is 0 Å². The molecule has 7 heteroatoms. The van der Waals surface area contributed by atoms with Gasteiger partial charge in [0.1, 0.15) is 6.54 Å². The standard InChI is InChI=1S/C5H11N5O2/c6-8-5-9(3-4(11)12)1-2-10(5)7/h1-3,6-7H2,(H,11,12)/b8-5-. The minimum atomic E-state index is -0.925. The summed E-state index contributed by atoms with van der Waals surface area (Å²) in [6.07, 6.45) is 0. The van der Waals surface area contributed by atoms with Crippen LogP contribution in [0.25, 0.3) is 0 Å². The maximum atomic E-state index is 10.3. The maximum Gasteiger partial charge on any atom is 0.323 e. The van der Waals surface area contributed by atoms with Crippen molar-refractivity contribution in [1.29, 1.82) is 0 Å². The lowest BCUT2D eigenvalue weighted by molar-refractivity contribution is -0.137. The smallest absolute Gasteiger partial charge is 0.323 e. The molecule has 1 saturated heterocycles. The van der Waals surface area contributed by atoms with E-state index in [1.165, 1.54) is 9.91 Å². The number of hydrogen-bond acceptors (Lipinski definition) is 4. The van der Waals surface area contributed by atoms with Crippen molar-refractivity contribution in [3.8, 4) is 0 Å². The fourth-order valence-corrected chi connectivity index (χ4v) is 1.08. The van der Waals surface area contributed by atoms with Crippen LogP contribution in [0.4, 0.5) is 0 Å². The van der Waals surface area contributed by atoms with E-state index < -0.39 is 5.97 Å². The minimum Gasteiger partial charge on any atom is -0.480 e. The summed E-state index contributed by atoms with van der Waals surface area (Å²) in [7, 11) is 0. The summed E-state index contributed by atoms with van der Waals surface area (Å²) in [5.74, 6) is 9.86. The third kappa shape index (κ3) is 1.56. The van der Waals surface area contributed by atoms with Gasteiger partial charge in [0.2, 0.25) is 5.96 Å². The summed E-state index contributed by atoms with van der Waals surface area (Å²) < 4.78 is 0. The number of nitrogens with two attached hydrogens (primary N) is 2. The monoisotopic (exact) mass is 173 g/mol. The lowest BCUT2D eigenvalue weighted by Crippen LogP contribution is -2.40. The number of carbonyl (C=O) groups is 1. The quantitative estimate of drug-likeness (QED) is 0.323. The number of rotatable bonds is 2. The zero-order valence-corrected chi connectivity index (χ0v) is 6.47. The van der Waals surface area contributed by atoms with Crippen LogP contribution in [0.15, 0.2) is 5.10 Å². The summed E-state index contributed by atoms with van der Waals surface area (Å²) in [5, 5.41) is 13.2. The highest BCUT2D eigenvalue weighted by Crippen LogP contribution is 2.02. The predicted octanol–water partition coefficient (Wildman–Crippen LogP) is -2.21. The highest BCUT2D eigenvalue weighted by Gasteiger charge is 2.25. The molecule has 12 heavy (non-hydrogen) atoms. The van der Waals surface area contributed by atoms with Gasteiger partial charge >= 0.3 is 5.97 Å². The third-order valence-electron chi connectivity index (χ3n) is 1.59. The van der Waals surface area contributed by atoms with E-state index in [-0.39, 0.29) is 6.54 Å². The summed E-state index contributed by atoms with van der Waals surface area (Å²) in [5.41, 5.74) is 0. The number of hydrogen-bond donors (Lipinski definition) is 3. The highest BCUT2D eigenvalue weighted by molar-refractivity contribution is 5.84. The van der Waals surface area contributed by atoms with E-state index in [4.69, 9.17) is 16.8 Å². The van der Waals surface area contributed by atoms with Crippen molar-refractivity contribution in [3.63, 3.8) is 0 Å². The van der Waals surface area contributed by atoms with E-state index >= 15 is 0 Å². The van der Waals surface area contributed by atoms with Gasteiger partial charge in [-0.25, -0.2) is 5.84 Å². The second-order valence-electron chi connectivity index (χ2n) is 2.44. The molecule has 0 radical (unpaired) electrons. The average molecular weight is 173 g/mol. The molecular weight excluding hydrogens is 162 g/mol. The molecule has 1 aliphatic heterocycles. The van der Waals surface area contributed by atoms with E-state index in [1.54, 1.807) is 0 Å². The van der Waals surface area contributed by atoms with Gasteiger partial charge in [-0.05, 0) is 0 Å². The molecule has 0 unspecified atom stereocenters. The van der Waals surface area contributed by atoms with Crippen LogP contribution in [0.3, 0.4) is 0 Å². The molecule has 0 aromatic heterocycles. The molecule has 0 atom stereocenters. The molecule has 68 valence electrons. The van der Waals surface area contributed by atoms with Crippen LogP contribution in [0, 0.1) is 0 Å². The molecule has 0 aromatic carbocycles. The lowest BCUT2D eigenvalue weighted by Gasteiger charge is -2.16. The summed E-state index contributed by atoms with van der Waals surface area (Å²) in [6, 6.07) is 0. The number of hydrazone groups is 1. The largest absolute Gasteiger partial charge is 0.480 e. The van der Waals surface area contributed by atoms with Crippen molar-refractivity contribution in [2.75, 3.05) is 19.6 Å². The first-order chi connectivity index (χ1) is 5.65. The molecule has 1 aliphatic rings. The SMILES string of the molecule is N/N=C1\N(N)CCN1CC(=O)O.